The van der Waals surface area contributed by atoms with Gasteiger partial charge in [0.2, 0.25) is 0 Å². The molecule has 96 valence electrons. The lowest BCUT2D eigenvalue weighted by Crippen LogP contribution is -2.39. The summed E-state index contributed by atoms with van der Waals surface area (Å²) in [5, 5.41) is 2.10. The maximum absolute atomic E-state index is 6.39. The van der Waals surface area contributed by atoms with Gasteiger partial charge in [0.15, 0.2) is 0 Å². The Bertz CT molecular complexity index is 381. The topological polar surface area (TPSA) is 35.2 Å². The monoisotopic (exact) mass is 317 g/mol. The number of rotatable bonds is 3. The Labute approximate surface area is 116 Å². The van der Waals surface area contributed by atoms with Crippen LogP contribution in [-0.4, -0.2) is 18.2 Å². The lowest BCUT2D eigenvalue weighted by Gasteiger charge is -2.25. The molecule has 1 saturated heterocycles. The lowest BCUT2D eigenvalue weighted by atomic mass is 9.82. The zero-order valence-electron chi connectivity index (χ0n) is 10.5. The van der Waals surface area contributed by atoms with E-state index >= 15 is 0 Å². The SMILES string of the molecule is CC1OC(C)C(C(N)Cc2sccc2Br)C1C. The van der Waals surface area contributed by atoms with Crippen LogP contribution >= 0.6 is 27.3 Å². The molecule has 0 amide bonds. The van der Waals surface area contributed by atoms with E-state index in [2.05, 4.69) is 48.1 Å². The number of ether oxygens (including phenoxy) is 1. The smallest absolute Gasteiger partial charge is 0.0597 e. The van der Waals surface area contributed by atoms with Crippen molar-refractivity contribution >= 4 is 27.3 Å². The summed E-state index contributed by atoms with van der Waals surface area (Å²) in [6.07, 6.45) is 1.54. The maximum atomic E-state index is 6.39. The number of nitrogens with two attached hydrogens (primary N) is 1. The molecule has 1 aromatic rings. The zero-order valence-corrected chi connectivity index (χ0v) is 12.9. The second kappa shape index (κ2) is 5.39. The Balaban J connectivity index is 2.05. The Hall–Kier alpha value is 0.100. The number of thiophene rings is 1. The van der Waals surface area contributed by atoms with Crippen LogP contribution < -0.4 is 5.73 Å². The molecule has 1 aliphatic heterocycles. The maximum Gasteiger partial charge on any atom is 0.0597 e. The molecular formula is C13H20BrNOS. The van der Waals surface area contributed by atoms with Crippen LogP contribution in [0.4, 0.5) is 0 Å². The van der Waals surface area contributed by atoms with Crippen molar-refractivity contribution in [3.8, 4) is 0 Å². The summed E-state index contributed by atoms with van der Waals surface area (Å²) >= 11 is 5.34. The van der Waals surface area contributed by atoms with Crippen molar-refractivity contribution in [2.45, 2.75) is 45.4 Å². The summed E-state index contributed by atoms with van der Waals surface area (Å²) in [6.45, 7) is 6.55. The highest BCUT2D eigenvalue weighted by molar-refractivity contribution is 9.10. The minimum atomic E-state index is 0.180. The Kier molecular flexibility index (Phi) is 4.29. The van der Waals surface area contributed by atoms with E-state index in [-0.39, 0.29) is 12.1 Å². The van der Waals surface area contributed by atoms with Gasteiger partial charge in [0.25, 0.3) is 0 Å². The average molecular weight is 318 g/mol. The molecule has 0 bridgehead atoms. The second-order valence-electron chi connectivity index (χ2n) is 5.04. The molecule has 1 fully saturated rings. The number of hydrogen-bond acceptors (Lipinski definition) is 3. The fourth-order valence-corrected chi connectivity index (χ4v) is 4.44. The second-order valence-corrected chi connectivity index (χ2v) is 6.90. The largest absolute Gasteiger partial charge is 0.375 e. The quantitative estimate of drug-likeness (QED) is 0.926. The highest BCUT2D eigenvalue weighted by Crippen LogP contribution is 2.36. The lowest BCUT2D eigenvalue weighted by molar-refractivity contribution is 0.0490. The first kappa shape index (κ1) is 13.5. The third kappa shape index (κ3) is 2.75. The summed E-state index contributed by atoms with van der Waals surface area (Å²) in [6, 6.07) is 2.27. The first-order valence-electron chi connectivity index (χ1n) is 6.13. The zero-order chi connectivity index (χ0) is 12.6. The van der Waals surface area contributed by atoms with E-state index in [1.165, 1.54) is 9.35 Å². The molecule has 2 nitrogen and oxygen atoms in total. The van der Waals surface area contributed by atoms with Crippen LogP contribution in [0.5, 0.6) is 0 Å². The summed E-state index contributed by atoms with van der Waals surface area (Å²) in [5.74, 6) is 0.998. The normalized spacial score (nSPS) is 35.1. The Morgan fingerprint density at radius 3 is 2.59 bits per heavy atom. The van der Waals surface area contributed by atoms with Gasteiger partial charge in [-0.2, -0.15) is 0 Å². The van der Waals surface area contributed by atoms with Gasteiger partial charge in [-0.25, -0.2) is 0 Å². The molecule has 2 heterocycles. The van der Waals surface area contributed by atoms with Gasteiger partial charge in [0.1, 0.15) is 0 Å². The molecule has 1 aliphatic rings. The van der Waals surface area contributed by atoms with Crippen LogP contribution in [-0.2, 0) is 11.2 Å². The van der Waals surface area contributed by atoms with E-state index in [0.717, 1.165) is 6.42 Å². The molecule has 0 aromatic carbocycles. The van der Waals surface area contributed by atoms with Crippen molar-refractivity contribution in [2.24, 2.45) is 17.6 Å². The summed E-state index contributed by atoms with van der Waals surface area (Å²) in [7, 11) is 0. The van der Waals surface area contributed by atoms with E-state index in [1.807, 2.05) is 0 Å². The molecule has 2 N–H and O–H groups in total. The molecule has 0 spiro atoms. The molecule has 1 aromatic heterocycles. The van der Waals surface area contributed by atoms with E-state index in [1.54, 1.807) is 11.3 Å². The van der Waals surface area contributed by atoms with Gasteiger partial charge >= 0.3 is 0 Å². The summed E-state index contributed by atoms with van der Waals surface area (Å²) in [5.41, 5.74) is 6.39. The average Bonchev–Trinajstić information content (AvgIpc) is 2.74. The fourth-order valence-electron chi connectivity index (χ4n) is 2.85. The minimum Gasteiger partial charge on any atom is -0.375 e. The van der Waals surface area contributed by atoms with Crippen LogP contribution in [0.2, 0.25) is 0 Å². The molecule has 0 aliphatic carbocycles. The molecule has 0 radical (unpaired) electrons. The van der Waals surface area contributed by atoms with Crippen molar-refractivity contribution in [3.05, 3.63) is 20.8 Å². The van der Waals surface area contributed by atoms with Crippen LogP contribution in [0.15, 0.2) is 15.9 Å². The molecular weight excluding hydrogens is 298 g/mol. The molecule has 0 saturated carbocycles. The Morgan fingerprint density at radius 2 is 2.12 bits per heavy atom. The van der Waals surface area contributed by atoms with E-state index in [4.69, 9.17) is 10.5 Å². The predicted molar refractivity (Wildman–Crippen MR) is 76.4 cm³/mol. The van der Waals surface area contributed by atoms with Crippen molar-refractivity contribution in [3.63, 3.8) is 0 Å². The number of halogens is 1. The molecule has 17 heavy (non-hydrogen) atoms. The van der Waals surface area contributed by atoms with Gasteiger partial charge in [-0.1, -0.05) is 6.92 Å². The van der Waals surface area contributed by atoms with Gasteiger partial charge < -0.3 is 10.5 Å². The van der Waals surface area contributed by atoms with E-state index in [0.29, 0.717) is 17.9 Å². The van der Waals surface area contributed by atoms with Crippen LogP contribution in [0.1, 0.15) is 25.6 Å². The minimum absolute atomic E-state index is 0.180. The number of hydrogen-bond donors (Lipinski definition) is 1. The van der Waals surface area contributed by atoms with Crippen LogP contribution in [0, 0.1) is 11.8 Å². The van der Waals surface area contributed by atoms with Crippen LogP contribution in [0.3, 0.4) is 0 Å². The van der Waals surface area contributed by atoms with E-state index in [9.17, 15) is 0 Å². The fraction of sp³-hybridized carbons (Fsp3) is 0.692. The first-order chi connectivity index (χ1) is 8.00. The van der Waals surface area contributed by atoms with Crippen molar-refractivity contribution < 1.29 is 4.74 Å². The van der Waals surface area contributed by atoms with Gasteiger partial charge in [-0.05, 0) is 53.6 Å². The highest BCUT2D eigenvalue weighted by Gasteiger charge is 2.40. The van der Waals surface area contributed by atoms with Crippen molar-refractivity contribution in [1.29, 1.82) is 0 Å². The van der Waals surface area contributed by atoms with E-state index < -0.39 is 0 Å². The van der Waals surface area contributed by atoms with Crippen molar-refractivity contribution in [2.75, 3.05) is 0 Å². The third-order valence-electron chi connectivity index (χ3n) is 3.93. The highest BCUT2D eigenvalue weighted by atomic mass is 79.9. The first-order valence-corrected chi connectivity index (χ1v) is 7.81. The van der Waals surface area contributed by atoms with Gasteiger partial charge in [0, 0.05) is 21.3 Å². The van der Waals surface area contributed by atoms with Gasteiger partial charge in [0.05, 0.1) is 12.2 Å². The predicted octanol–water partition coefficient (Wildman–Crippen LogP) is 3.44. The summed E-state index contributed by atoms with van der Waals surface area (Å²) in [4.78, 5) is 1.34. The van der Waals surface area contributed by atoms with Crippen molar-refractivity contribution in [1.82, 2.24) is 0 Å². The molecule has 5 unspecified atom stereocenters. The third-order valence-corrected chi connectivity index (χ3v) is 5.87. The molecule has 2 rings (SSSR count). The molecule has 4 heteroatoms. The Morgan fingerprint density at radius 1 is 1.41 bits per heavy atom. The standard InChI is InChI=1S/C13H20BrNOS/c1-7-8(2)16-9(3)13(7)11(15)6-12-10(14)4-5-17-12/h4-5,7-9,11,13H,6,15H2,1-3H3. The molecule has 5 atom stereocenters. The summed E-state index contributed by atoms with van der Waals surface area (Å²) < 4.78 is 7.05. The van der Waals surface area contributed by atoms with Gasteiger partial charge in [-0.3, -0.25) is 0 Å². The van der Waals surface area contributed by atoms with Crippen LogP contribution in [0.25, 0.3) is 0 Å². The van der Waals surface area contributed by atoms with Gasteiger partial charge in [-0.15, -0.1) is 11.3 Å².